The highest BCUT2D eigenvalue weighted by atomic mass is 32.2. The number of carbonyl (C=O) groups excluding carboxylic acids is 1. The van der Waals surface area contributed by atoms with E-state index in [2.05, 4.69) is 20.3 Å². The molecule has 0 aliphatic carbocycles. The zero-order valence-corrected chi connectivity index (χ0v) is 12.0. The van der Waals surface area contributed by atoms with Gasteiger partial charge >= 0.3 is 6.36 Å². The molecule has 2 rings (SSSR count). The molecule has 0 radical (unpaired) electrons. The van der Waals surface area contributed by atoms with Crippen molar-refractivity contribution in [2.75, 3.05) is 12.9 Å². The number of nitrogens with one attached hydrogen (secondary N) is 1. The lowest BCUT2D eigenvalue weighted by Gasteiger charge is -2.12. The number of hydrogen-bond acceptors (Lipinski definition) is 6. The molecule has 0 bridgehead atoms. The molecule has 22 heavy (non-hydrogen) atoms. The average Bonchev–Trinajstić information content (AvgIpc) is 2.83. The molecule has 1 aliphatic heterocycles. The number of benzene rings is 1. The van der Waals surface area contributed by atoms with Crippen molar-refractivity contribution in [2.45, 2.75) is 6.36 Å². The minimum atomic E-state index is -4.83. The Morgan fingerprint density at radius 3 is 2.73 bits per heavy atom. The fraction of sp³-hybridized carbons (Fsp3) is 0.250. The van der Waals surface area contributed by atoms with Crippen LogP contribution in [0.3, 0.4) is 0 Å². The van der Waals surface area contributed by atoms with E-state index in [1.807, 2.05) is 0 Å². The van der Waals surface area contributed by atoms with E-state index in [-0.39, 0.29) is 17.4 Å². The van der Waals surface area contributed by atoms with Crippen molar-refractivity contribution >= 4 is 29.1 Å². The third kappa shape index (κ3) is 4.65. The van der Waals surface area contributed by atoms with Gasteiger partial charge in [0.2, 0.25) is 5.91 Å². The van der Waals surface area contributed by atoms with E-state index in [9.17, 15) is 18.0 Å². The molecule has 1 amide bonds. The summed E-state index contributed by atoms with van der Waals surface area (Å²) in [7, 11) is 1.23. The molecule has 0 atom stereocenters. The lowest BCUT2D eigenvalue weighted by molar-refractivity contribution is -0.275. The topological polar surface area (TPSA) is 72.3 Å². The van der Waals surface area contributed by atoms with Gasteiger partial charge in [0.25, 0.3) is 0 Å². The molecular weight excluding hydrogens is 323 g/mol. The van der Waals surface area contributed by atoms with Crippen LogP contribution in [0.25, 0.3) is 0 Å². The van der Waals surface area contributed by atoms with E-state index < -0.39 is 12.1 Å². The first kappa shape index (κ1) is 16.1. The number of carbonyl (C=O) groups is 1. The zero-order valence-electron chi connectivity index (χ0n) is 11.2. The van der Waals surface area contributed by atoms with Crippen molar-refractivity contribution in [1.29, 1.82) is 0 Å². The molecule has 1 saturated heterocycles. The van der Waals surface area contributed by atoms with Gasteiger partial charge in [-0.1, -0.05) is 11.8 Å². The molecule has 1 aromatic carbocycles. The van der Waals surface area contributed by atoms with Crippen LogP contribution in [-0.4, -0.2) is 36.5 Å². The standard InChI is InChI=1S/C12H10F3N3O3S/c1-20-8-3-2-7(4-9(8)21-12(13,14)15)5-16-18-11-17-10(19)6-22-11/h2-5H,6H2,1H3,(H,17,18,19). The van der Waals surface area contributed by atoms with Crippen molar-refractivity contribution in [3.63, 3.8) is 0 Å². The number of amides is 1. The summed E-state index contributed by atoms with van der Waals surface area (Å²) in [5.74, 6) is -0.445. The largest absolute Gasteiger partial charge is 0.573 e. The highest BCUT2D eigenvalue weighted by molar-refractivity contribution is 8.15. The van der Waals surface area contributed by atoms with E-state index in [1.54, 1.807) is 0 Å². The molecule has 1 aliphatic rings. The van der Waals surface area contributed by atoms with Gasteiger partial charge in [0, 0.05) is 0 Å². The van der Waals surface area contributed by atoms with Crippen LogP contribution in [-0.2, 0) is 4.79 Å². The van der Waals surface area contributed by atoms with Gasteiger partial charge < -0.3 is 14.8 Å². The predicted octanol–water partition coefficient (Wildman–Crippen LogP) is 2.15. The first-order chi connectivity index (χ1) is 10.4. The minimum absolute atomic E-state index is 0.0561. The SMILES string of the molecule is COc1ccc(C=NN=C2NC(=O)CS2)cc1OC(F)(F)F. The van der Waals surface area contributed by atoms with E-state index in [0.29, 0.717) is 10.7 Å². The van der Waals surface area contributed by atoms with E-state index in [0.717, 1.165) is 6.07 Å². The van der Waals surface area contributed by atoms with Gasteiger partial charge in [0.1, 0.15) is 0 Å². The molecule has 1 fully saturated rings. The molecule has 0 unspecified atom stereocenters. The molecule has 118 valence electrons. The van der Waals surface area contributed by atoms with Crippen molar-refractivity contribution in [3.8, 4) is 11.5 Å². The van der Waals surface area contributed by atoms with Gasteiger partial charge in [-0.3, -0.25) is 4.79 Å². The second kappa shape index (κ2) is 6.69. The number of hydrogen-bond donors (Lipinski definition) is 1. The maximum absolute atomic E-state index is 12.3. The van der Waals surface area contributed by atoms with Gasteiger partial charge in [0.05, 0.1) is 19.1 Å². The molecule has 0 aromatic heterocycles. The number of methoxy groups -OCH3 is 1. The Balaban J connectivity index is 2.14. The smallest absolute Gasteiger partial charge is 0.493 e. The maximum Gasteiger partial charge on any atom is 0.573 e. The number of nitrogens with zero attached hydrogens (tertiary/aromatic N) is 2. The third-order valence-electron chi connectivity index (χ3n) is 2.36. The summed E-state index contributed by atoms with van der Waals surface area (Å²) in [6.07, 6.45) is -3.59. The van der Waals surface area contributed by atoms with Crippen LogP contribution in [0.4, 0.5) is 13.2 Å². The number of rotatable bonds is 4. The highest BCUT2D eigenvalue weighted by Crippen LogP contribution is 2.32. The first-order valence-electron chi connectivity index (χ1n) is 5.85. The fourth-order valence-corrected chi connectivity index (χ4v) is 2.14. The van der Waals surface area contributed by atoms with E-state index in [1.165, 1.54) is 37.2 Å². The van der Waals surface area contributed by atoms with E-state index >= 15 is 0 Å². The molecule has 1 aromatic rings. The van der Waals surface area contributed by atoms with Crippen LogP contribution < -0.4 is 14.8 Å². The Morgan fingerprint density at radius 1 is 1.36 bits per heavy atom. The summed E-state index contributed by atoms with van der Waals surface area (Å²) in [5.41, 5.74) is 0.332. The Hall–Kier alpha value is -2.23. The molecule has 0 spiro atoms. The lowest BCUT2D eigenvalue weighted by atomic mass is 10.2. The normalized spacial score (nSPS) is 17.1. The van der Waals surface area contributed by atoms with Crippen molar-refractivity contribution in [2.24, 2.45) is 10.2 Å². The quantitative estimate of drug-likeness (QED) is 0.677. The second-order valence-electron chi connectivity index (χ2n) is 3.94. The molecule has 10 heteroatoms. The molecule has 1 heterocycles. The summed E-state index contributed by atoms with van der Waals surface area (Å²) in [4.78, 5) is 10.9. The van der Waals surface area contributed by atoms with Gasteiger partial charge in [-0.15, -0.1) is 18.3 Å². The number of thioether (sulfide) groups is 1. The minimum Gasteiger partial charge on any atom is -0.493 e. The van der Waals surface area contributed by atoms with Crippen LogP contribution in [0.5, 0.6) is 11.5 Å². The van der Waals surface area contributed by atoms with Gasteiger partial charge in [-0.25, -0.2) is 0 Å². The van der Waals surface area contributed by atoms with Crippen LogP contribution in [0, 0.1) is 0 Å². The molecule has 6 nitrogen and oxygen atoms in total. The Bertz CT molecular complexity index is 632. The third-order valence-corrected chi connectivity index (χ3v) is 3.22. The number of ether oxygens (including phenoxy) is 2. The average molecular weight is 333 g/mol. The lowest BCUT2D eigenvalue weighted by Crippen LogP contribution is -2.19. The summed E-state index contributed by atoms with van der Waals surface area (Å²) < 4.78 is 45.6. The van der Waals surface area contributed by atoms with Crippen LogP contribution in [0.15, 0.2) is 28.4 Å². The molecular formula is C12H10F3N3O3S. The summed E-state index contributed by atoms with van der Waals surface area (Å²) in [5, 5.41) is 10.2. The van der Waals surface area contributed by atoms with Crippen LogP contribution in [0.1, 0.15) is 5.56 Å². The Labute approximate surface area is 127 Å². The monoisotopic (exact) mass is 333 g/mol. The van der Waals surface area contributed by atoms with Crippen molar-refractivity contribution in [3.05, 3.63) is 23.8 Å². The number of amidine groups is 1. The molecule has 0 saturated carbocycles. The molecule has 1 N–H and O–H groups in total. The van der Waals surface area contributed by atoms with Gasteiger partial charge in [-0.05, 0) is 23.8 Å². The van der Waals surface area contributed by atoms with Gasteiger partial charge in [0.15, 0.2) is 16.7 Å². The Kier molecular flexibility index (Phi) is 4.91. The van der Waals surface area contributed by atoms with Crippen molar-refractivity contribution in [1.82, 2.24) is 5.32 Å². The Morgan fingerprint density at radius 2 is 2.14 bits per heavy atom. The maximum atomic E-state index is 12.3. The van der Waals surface area contributed by atoms with Crippen LogP contribution in [0.2, 0.25) is 0 Å². The highest BCUT2D eigenvalue weighted by Gasteiger charge is 2.32. The summed E-state index contributed by atoms with van der Waals surface area (Å²) in [6, 6.07) is 3.93. The second-order valence-corrected chi connectivity index (χ2v) is 4.91. The number of alkyl halides is 3. The van der Waals surface area contributed by atoms with Gasteiger partial charge in [-0.2, -0.15) is 5.10 Å². The fourth-order valence-electron chi connectivity index (χ4n) is 1.51. The number of halogens is 3. The predicted molar refractivity (Wildman–Crippen MR) is 75.3 cm³/mol. The zero-order chi connectivity index (χ0) is 16.2. The van der Waals surface area contributed by atoms with E-state index in [4.69, 9.17) is 4.74 Å². The summed E-state index contributed by atoms with van der Waals surface area (Å²) >= 11 is 1.18. The first-order valence-corrected chi connectivity index (χ1v) is 6.83. The van der Waals surface area contributed by atoms with Crippen LogP contribution >= 0.6 is 11.8 Å². The summed E-state index contributed by atoms with van der Waals surface area (Å²) in [6.45, 7) is 0. The van der Waals surface area contributed by atoms with Crippen molar-refractivity contribution < 1.29 is 27.4 Å².